The van der Waals surface area contributed by atoms with Crippen LogP contribution >= 0.6 is 12.6 Å². The molecule has 0 aliphatic heterocycles. The molecule has 0 radical (unpaired) electrons. The largest absolute Gasteiger partial charge is 0.508 e. The monoisotopic (exact) mass is 497 g/mol. The van der Waals surface area contributed by atoms with E-state index in [0.717, 1.165) is 0 Å². The first-order valence-electron chi connectivity index (χ1n) is 10.3. The minimum Gasteiger partial charge on any atom is -0.508 e. The molecule has 11 N–H and O–H groups in total. The van der Waals surface area contributed by atoms with Crippen molar-refractivity contribution in [2.24, 2.45) is 22.2 Å². The third-order valence-electron chi connectivity index (χ3n) is 4.54. The highest BCUT2D eigenvalue weighted by Crippen LogP contribution is 2.11. The highest BCUT2D eigenvalue weighted by atomic mass is 32.1. The second kappa shape index (κ2) is 14.6. The summed E-state index contributed by atoms with van der Waals surface area (Å²) in [6.45, 7) is -0.296. The molecule has 3 unspecified atom stereocenters. The summed E-state index contributed by atoms with van der Waals surface area (Å²) in [5, 5.41) is 25.9. The summed E-state index contributed by atoms with van der Waals surface area (Å²) in [5.74, 6) is -3.28. The van der Waals surface area contributed by atoms with Crippen molar-refractivity contribution in [3.8, 4) is 5.75 Å². The Morgan fingerprint density at radius 1 is 1.03 bits per heavy atom. The third kappa shape index (κ3) is 10.9. The van der Waals surface area contributed by atoms with Crippen LogP contribution in [0.5, 0.6) is 5.75 Å². The molecule has 0 aliphatic carbocycles. The van der Waals surface area contributed by atoms with Crippen LogP contribution in [0.15, 0.2) is 29.3 Å². The molecule has 3 amide bonds. The fourth-order valence-corrected chi connectivity index (χ4v) is 2.90. The number of aliphatic carboxylic acids is 1. The van der Waals surface area contributed by atoms with Crippen LogP contribution in [0.1, 0.15) is 18.4 Å². The Hall–Kier alpha value is -3.52. The topological polar surface area (TPSA) is 235 Å². The quantitative estimate of drug-likeness (QED) is 0.0567. The van der Waals surface area contributed by atoms with Gasteiger partial charge in [-0.05, 0) is 30.5 Å². The molecule has 34 heavy (non-hydrogen) atoms. The standard InChI is InChI=1S/C20H31N7O6S/c21-13(10-34)17(30)27-14(2-1-7-24-20(22)23)18(31)25-9-16(29)26-15(19(32)33)8-11-3-5-12(28)6-4-11/h3-6,13-15,28,34H,1-2,7-10,21H2,(H,25,31)(H,26,29)(H,27,30)(H,32,33)(H4,22,23,24). The Bertz CT molecular complexity index is 877. The molecule has 0 saturated heterocycles. The Morgan fingerprint density at radius 2 is 1.68 bits per heavy atom. The van der Waals surface area contributed by atoms with Crippen LogP contribution < -0.4 is 33.2 Å². The van der Waals surface area contributed by atoms with Gasteiger partial charge in [0.15, 0.2) is 5.96 Å². The summed E-state index contributed by atoms with van der Waals surface area (Å²) in [4.78, 5) is 52.2. The number of phenolic OH excluding ortho intramolecular Hbond substituents is 1. The van der Waals surface area contributed by atoms with Crippen molar-refractivity contribution in [1.82, 2.24) is 16.0 Å². The number of amides is 3. The maximum atomic E-state index is 12.6. The number of carbonyl (C=O) groups is 4. The van der Waals surface area contributed by atoms with Crippen molar-refractivity contribution in [2.75, 3.05) is 18.8 Å². The number of nitrogens with one attached hydrogen (secondary N) is 3. The third-order valence-corrected chi connectivity index (χ3v) is 4.94. The number of aromatic hydroxyl groups is 1. The molecule has 13 nitrogen and oxygen atoms in total. The van der Waals surface area contributed by atoms with Gasteiger partial charge in [0.2, 0.25) is 17.7 Å². The van der Waals surface area contributed by atoms with Gasteiger partial charge in [-0.25, -0.2) is 4.79 Å². The van der Waals surface area contributed by atoms with Crippen LogP contribution in [-0.2, 0) is 25.6 Å². The summed E-state index contributed by atoms with van der Waals surface area (Å²) < 4.78 is 0. The van der Waals surface area contributed by atoms with Gasteiger partial charge in [-0.1, -0.05) is 12.1 Å². The second-order valence-corrected chi connectivity index (χ2v) is 7.71. The molecule has 188 valence electrons. The average molecular weight is 498 g/mol. The number of phenols is 1. The lowest BCUT2D eigenvalue weighted by Crippen LogP contribution is -2.54. The summed E-state index contributed by atoms with van der Waals surface area (Å²) in [6.07, 6.45) is 0.487. The summed E-state index contributed by atoms with van der Waals surface area (Å²) in [6, 6.07) is 2.66. The van der Waals surface area contributed by atoms with Crippen LogP contribution in [0.4, 0.5) is 0 Å². The van der Waals surface area contributed by atoms with E-state index < -0.39 is 48.4 Å². The van der Waals surface area contributed by atoms with Crippen LogP contribution in [0.2, 0.25) is 0 Å². The minimum atomic E-state index is -1.27. The molecule has 1 aromatic carbocycles. The Kier molecular flexibility index (Phi) is 12.2. The van der Waals surface area contributed by atoms with E-state index in [4.69, 9.17) is 17.2 Å². The van der Waals surface area contributed by atoms with Crippen molar-refractivity contribution >= 4 is 42.3 Å². The first kappa shape index (κ1) is 28.5. The zero-order valence-corrected chi connectivity index (χ0v) is 19.3. The predicted molar refractivity (Wildman–Crippen MR) is 128 cm³/mol. The number of aliphatic imine (C=N–C) groups is 1. The molecule has 1 aromatic rings. The van der Waals surface area contributed by atoms with E-state index >= 15 is 0 Å². The molecule has 0 saturated carbocycles. The molecular formula is C20H31N7O6S. The van der Waals surface area contributed by atoms with Gasteiger partial charge in [0.1, 0.15) is 17.8 Å². The van der Waals surface area contributed by atoms with E-state index in [1.165, 1.54) is 24.3 Å². The molecule has 0 heterocycles. The Balaban J connectivity index is 2.69. The number of thiol groups is 1. The van der Waals surface area contributed by atoms with Gasteiger partial charge in [0.25, 0.3) is 0 Å². The average Bonchev–Trinajstić information content (AvgIpc) is 2.79. The van der Waals surface area contributed by atoms with Crippen molar-refractivity contribution in [3.05, 3.63) is 29.8 Å². The number of benzene rings is 1. The molecule has 0 aliphatic rings. The Labute approximate surface area is 201 Å². The number of nitrogens with two attached hydrogens (primary N) is 3. The van der Waals surface area contributed by atoms with E-state index in [-0.39, 0.29) is 36.8 Å². The summed E-state index contributed by atoms with van der Waals surface area (Å²) in [7, 11) is 0. The molecule has 0 bridgehead atoms. The predicted octanol–water partition coefficient (Wildman–Crippen LogP) is -2.58. The smallest absolute Gasteiger partial charge is 0.326 e. The zero-order valence-electron chi connectivity index (χ0n) is 18.4. The molecule has 3 atom stereocenters. The number of rotatable bonds is 14. The van der Waals surface area contributed by atoms with Crippen LogP contribution in [0.25, 0.3) is 0 Å². The van der Waals surface area contributed by atoms with Crippen LogP contribution in [-0.4, -0.2) is 76.8 Å². The van der Waals surface area contributed by atoms with E-state index in [2.05, 4.69) is 33.6 Å². The van der Waals surface area contributed by atoms with E-state index in [0.29, 0.717) is 12.0 Å². The normalized spacial score (nSPS) is 13.1. The maximum absolute atomic E-state index is 12.6. The van der Waals surface area contributed by atoms with Gasteiger partial charge in [-0.15, -0.1) is 0 Å². The first-order valence-corrected chi connectivity index (χ1v) is 11.0. The Morgan fingerprint density at radius 3 is 2.24 bits per heavy atom. The fraction of sp³-hybridized carbons (Fsp3) is 0.450. The molecular weight excluding hydrogens is 466 g/mol. The molecule has 1 rings (SSSR count). The fourth-order valence-electron chi connectivity index (χ4n) is 2.74. The lowest BCUT2D eigenvalue weighted by molar-refractivity contribution is -0.141. The number of guanidine groups is 1. The molecule has 14 heteroatoms. The van der Waals surface area contributed by atoms with E-state index in [9.17, 15) is 29.4 Å². The number of nitrogens with zero attached hydrogens (tertiary/aromatic N) is 1. The van der Waals surface area contributed by atoms with Crippen molar-refractivity contribution in [1.29, 1.82) is 0 Å². The van der Waals surface area contributed by atoms with Gasteiger partial charge >= 0.3 is 5.97 Å². The van der Waals surface area contributed by atoms with Gasteiger partial charge in [-0.2, -0.15) is 12.6 Å². The highest BCUT2D eigenvalue weighted by molar-refractivity contribution is 7.80. The van der Waals surface area contributed by atoms with Crippen molar-refractivity contribution in [3.63, 3.8) is 0 Å². The number of hydrogen-bond donors (Lipinski definition) is 9. The number of hydrogen-bond acceptors (Lipinski definition) is 8. The van der Waals surface area contributed by atoms with Gasteiger partial charge in [0, 0.05) is 18.7 Å². The number of carboxylic acid groups (broad SMARTS) is 1. The lowest BCUT2D eigenvalue weighted by Gasteiger charge is -2.20. The second-order valence-electron chi connectivity index (χ2n) is 7.35. The van der Waals surface area contributed by atoms with Gasteiger partial charge < -0.3 is 43.4 Å². The number of carbonyl (C=O) groups excluding carboxylic acids is 3. The van der Waals surface area contributed by atoms with E-state index in [1.807, 2.05) is 0 Å². The molecule has 0 fully saturated rings. The molecule has 0 spiro atoms. The summed E-state index contributed by atoms with van der Waals surface area (Å²) in [5.41, 5.74) is 16.7. The maximum Gasteiger partial charge on any atom is 0.326 e. The van der Waals surface area contributed by atoms with Crippen LogP contribution in [0, 0.1) is 0 Å². The van der Waals surface area contributed by atoms with Gasteiger partial charge in [-0.3, -0.25) is 19.4 Å². The van der Waals surface area contributed by atoms with Gasteiger partial charge in [0.05, 0.1) is 12.6 Å². The highest BCUT2D eigenvalue weighted by Gasteiger charge is 2.25. The summed E-state index contributed by atoms with van der Waals surface area (Å²) >= 11 is 3.95. The molecule has 0 aromatic heterocycles. The lowest BCUT2D eigenvalue weighted by atomic mass is 10.1. The van der Waals surface area contributed by atoms with Crippen molar-refractivity contribution < 1.29 is 29.4 Å². The SMILES string of the molecule is NC(N)=NCCCC(NC(=O)C(N)CS)C(=O)NCC(=O)NC(Cc1ccc(O)cc1)C(=O)O. The number of carboxylic acids is 1. The first-order chi connectivity index (χ1) is 16.0. The zero-order chi connectivity index (χ0) is 25.7. The van der Waals surface area contributed by atoms with Crippen LogP contribution in [0.3, 0.4) is 0 Å². The minimum absolute atomic E-state index is 0.0256. The van der Waals surface area contributed by atoms with Crippen molar-refractivity contribution in [2.45, 2.75) is 37.4 Å². The van der Waals surface area contributed by atoms with E-state index in [1.54, 1.807) is 0 Å².